The van der Waals surface area contributed by atoms with Gasteiger partial charge in [-0.05, 0) is 55.3 Å². The van der Waals surface area contributed by atoms with Crippen molar-refractivity contribution in [2.45, 2.75) is 32.0 Å². The fourth-order valence-electron chi connectivity index (χ4n) is 3.44. The summed E-state index contributed by atoms with van der Waals surface area (Å²) in [4.78, 5) is 23.8. The summed E-state index contributed by atoms with van der Waals surface area (Å²) in [5.41, 5.74) is 0.254. The van der Waals surface area contributed by atoms with E-state index < -0.39 is 40.5 Å². The highest BCUT2D eigenvalue weighted by molar-refractivity contribution is 5.87. The third-order valence-corrected chi connectivity index (χ3v) is 5.12. The number of carbonyl (C=O) groups excluding carboxylic acids is 1. The Morgan fingerprint density at radius 2 is 1.84 bits per heavy atom. The van der Waals surface area contributed by atoms with Crippen LogP contribution in [0, 0.1) is 0 Å². The van der Waals surface area contributed by atoms with Gasteiger partial charge in [0, 0.05) is 30.0 Å². The van der Waals surface area contributed by atoms with Gasteiger partial charge in [-0.3, -0.25) is 0 Å². The van der Waals surface area contributed by atoms with Gasteiger partial charge in [0.15, 0.2) is 17.2 Å². The van der Waals surface area contributed by atoms with E-state index in [-0.39, 0.29) is 0 Å². The van der Waals surface area contributed by atoms with Crippen LogP contribution in [0.5, 0.6) is 23.0 Å². The molecule has 31 heavy (non-hydrogen) atoms. The third-order valence-electron chi connectivity index (χ3n) is 5.12. The van der Waals surface area contributed by atoms with Gasteiger partial charge >= 0.3 is 11.6 Å². The summed E-state index contributed by atoms with van der Waals surface area (Å²) >= 11 is 0. The molecule has 0 bridgehead atoms. The molecular formula is C23H20O8. The maximum atomic E-state index is 12.4. The first-order chi connectivity index (χ1) is 14.6. The highest BCUT2D eigenvalue weighted by atomic mass is 16.6. The lowest BCUT2D eigenvalue weighted by molar-refractivity contribution is -0.155. The zero-order chi connectivity index (χ0) is 22.3. The summed E-state index contributed by atoms with van der Waals surface area (Å²) < 4.78 is 16.8. The normalized spacial score (nSPS) is 17.3. The van der Waals surface area contributed by atoms with E-state index in [0.717, 1.165) is 17.0 Å². The van der Waals surface area contributed by atoms with Crippen molar-refractivity contribution in [2.75, 3.05) is 0 Å². The third kappa shape index (κ3) is 4.05. The molecule has 1 aliphatic rings. The van der Waals surface area contributed by atoms with E-state index in [4.69, 9.17) is 13.9 Å². The molecule has 3 aromatic rings. The number of ether oxygens (including phenoxy) is 2. The predicted octanol–water partition coefficient (Wildman–Crippen LogP) is 3.25. The smallest absolute Gasteiger partial charge is 0.336 e. The molecule has 0 saturated heterocycles. The lowest BCUT2D eigenvalue weighted by atomic mass is 9.90. The Morgan fingerprint density at radius 3 is 2.55 bits per heavy atom. The zero-order valence-corrected chi connectivity index (χ0v) is 16.8. The fraction of sp³-hybridized carbons (Fsp3) is 0.217. The van der Waals surface area contributed by atoms with Crippen molar-refractivity contribution in [1.29, 1.82) is 0 Å². The number of carbonyl (C=O) groups is 1. The van der Waals surface area contributed by atoms with Crippen LogP contribution in [0.4, 0.5) is 0 Å². The maximum Gasteiger partial charge on any atom is 0.336 e. The first kappa shape index (κ1) is 20.3. The molecule has 0 spiro atoms. The highest BCUT2D eigenvalue weighted by Crippen LogP contribution is 2.38. The van der Waals surface area contributed by atoms with Crippen LogP contribution in [0.15, 0.2) is 51.7 Å². The second-order valence-electron chi connectivity index (χ2n) is 7.83. The summed E-state index contributed by atoms with van der Waals surface area (Å²) in [6, 6.07) is 8.90. The zero-order valence-electron chi connectivity index (χ0n) is 16.8. The number of phenols is 3. The van der Waals surface area contributed by atoms with Gasteiger partial charge in [0.1, 0.15) is 23.0 Å². The molecule has 0 aliphatic carbocycles. The second kappa shape index (κ2) is 7.39. The Morgan fingerprint density at radius 1 is 1.13 bits per heavy atom. The van der Waals surface area contributed by atoms with Crippen LogP contribution in [0.2, 0.25) is 0 Å². The van der Waals surface area contributed by atoms with E-state index in [9.17, 15) is 24.9 Å². The molecule has 4 rings (SSSR count). The first-order valence-electron chi connectivity index (χ1n) is 9.52. The highest BCUT2D eigenvalue weighted by Gasteiger charge is 2.39. The minimum atomic E-state index is -0.839. The van der Waals surface area contributed by atoms with Crippen molar-refractivity contribution in [3.8, 4) is 23.0 Å². The van der Waals surface area contributed by atoms with Gasteiger partial charge in [-0.25, -0.2) is 9.59 Å². The Labute approximate surface area is 176 Å². The Hall–Kier alpha value is -3.94. The lowest BCUT2D eigenvalue weighted by Crippen LogP contribution is -2.48. The van der Waals surface area contributed by atoms with Crippen molar-refractivity contribution in [1.82, 2.24) is 0 Å². The van der Waals surface area contributed by atoms with Crippen LogP contribution in [0.1, 0.15) is 25.0 Å². The van der Waals surface area contributed by atoms with Crippen LogP contribution < -0.4 is 10.4 Å². The van der Waals surface area contributed by atoms with Gasteiger partial charge in [-0.2, -0.15) is 0 Å². The molecule has 2 heterocycles. The molecule has 160 valence electrons. The standard InChI is InChI=1S/C23H20O8/c1-23(2)19(30-21(27)5-3-12-7-15(24)22(28)16(25)8-12)10-14-9-13-4-6-20(26)29-17(13)11-18(14)31-23/h3-9,11,19,24-25,28H,10H2,1-2H3/t19-/m1/s1. The SMILES string of the molecule is CC1(C)Oc2cc3oc(=O)ccc3cc2C[C@H]1OC(=O)C=Cc1cc(O)c(O)c(O)c1. The van der Waals surface area contributed by atoms with Crippen LogP contribution >= 0.6 is 0 Å². The topological polar surface area (TPSA) is 126 Å². The average Bonchev–Trinajstić information content (AvgIpc) is 2.69. The number of phenolic OH excluding ortho intramolecular Hbond substituents is 3. The molecule has 0 radical (unpaired) electrons. The number of benzene rings is 2. The molecule has 1 aliphatic heterocycles. The molecule has 2 aromatic carbocycles. The van der Waals surface area contributed by atoms with Gasteiger partial charge in [0.05, 0.1) is 0 Å². The fourth-order valence-corrected chi connectivity index (χ4v) is 3.44. The van der Waals surface area contributed by atoms with Crippen LogP contribution in [-0.4, -0.2) is 33.0 Å². The van der Waals surface area contributed by atoms with E-state index in [1.807, 2.05) is 6.07 Å². The van der Waals surface area contributed by atoms with Crippen LogP contribution in [-0.2, 0) is 16.0 Å². The number of fused-ring (bicyclic) bond motifs is 2. The second-order valence-corrected chi connectivity index (χ2v) is 7.83. The van der Waals surface area contributed by atoms with E-state index >= 15 is 0 Å². The molecule has 0 saturated carbocycles. The lowest BCUT2D eigenvalue weighted by Gasteiger charge is -2.39. The van der Waals surface area contributed by atoms with E-state index in [1.54, 1.807) is 26.0 Å². The first-order valence-corrected chi connectivity index (χ1v) is 9.52. The number of esters is 1. The van der Waals surface area contributed by atoms with Gasteiger partial charge < -0.3 is 29.2 Å². The molecule has 8 nitrogen and oxygen atoms in total. The minimum Gasteiger partial charge on any atom is -0.504 e. The van der Waals surface area contributed by atoms with Gasteiger partial charge in [-0.15, -0.1) is 0 Å². The van der Waals surface area contributed by atoms with Crippen molar-refractivity contribution >= 4 is 23.0 Å². The summed E-state index contributed by atoms with van der Waals surface area (Å²) in [5.74, 6) is -1.72. The van der Waals surface area contributed by atoms with Crippen molar-refractivity contribution in [3.63, 3.8) is 0 Å². The van der Waals surface area contributed by atoms with Crippen LogP contribution in [0.3, 0.4) is 0 Å². The van der Waals surface area contributed by atoms with Crippen molar-refractivity contribution < 1.29 is 34.0 Å². The quantitative estimate of drug-likeness (QED) is 0.253. The molecule has 3 N–H and O–H groups in total. The van der Waals surface area contributed by atoms with Crippen LogP contribution in [0.25, 0.3) is 17.0 Å². The maximum absolute atomic E-state index is 12.4. The summed E-state index contributed by atoms with van der Waals surface area (Å²) in [6.07, 6.45) is 2.32. The number of rotatable bonds is 3. The summed E-state index contributed by atoms with van der Waals surface area (Å²) in [6.45, 7) is 3.58. The van der Waals surface area contributed by atoms with E-state index in [1.165, 1.54) is 24.3 Å². The Bertz CT molecular complexity index is 1250. The molecular weight excluding hydrogens is 404 g/mol. The monoisotopic (exact) mass is 424 g/mol. The number of hydrogen-bond acceptors (Lipinski definition) is 8. The molecule has 1 atom stereocenters. The molecule has 0 unspecified atom stereocenters. The number of hydrogen-bond donors (Lipinski definition) is 3. The van der Waals surface area contributed by atoms with Gasteiger partial charge in [0.25, 0.3) is 0 Å². The molecule has 1 aromatic heterocycles. The van der Waals surface area contributed by atoms with Gasteiger partial charge in [0.2, 0.25) is 0 Å². The summed E-state index contributed by atoms with van der Waals surface area (Å²) in [7, 11) is 0. The molecule has 8 heteroatoms. The number of aromatic hydroxyl groups is 3. The largest absolute Gasteiger partial charge is 0.504 e. The Kier molecular flexibility index (Phi) is 4.85. The minimum absolute atomic E-state index is 0.308. The van der Waals surface area contributed by atoms with Gasteiger partial charge in [-0.1, -0.05) is 0 Å². The van der Waals surface area contributed by atoms with E-state index in [2.05, 4.69) is 0 Å². The van der Waals surface area contributed by atoms with Crippen molar-refractivity contribution in [3.05, 3.63) is 64.0 Å². The van der Waals surface area contributed by atoms with E-state index in [0.29, 0.717) is 23.3 Å². The molecule has 0 amide bonds. The summed E-state index contributed by atoms with van der Waals surface area (Å²) in [5, 5.41) is 29.2. The predicted molar refractivity (Wildman–Crippen MR) is 111 cm³/mol. The van der Waals surface area contributed by atoms with Crippen molar-refractivity contribution in [2.24, 2.45) is 0 Å². The molecule has 0 fully saturated rings. The Balaban J connectivity index is 1.54. The average molecular weight is 424 g/mol.